The Balaban J connectivity index is 1.27. The number of carbonyl (C=O) groups is 3. The van der Waals surface area contributed by atoms with Gasteiger partial charge in [-0.15, -0.1) is 0 Å². The number of amides is 4. The number of likely N-dealkylation sites (tertiary alicyclic amines) is 1. The molecule has 2 atom stereocenters. The molecule has 0 N–H and O–H groups in total. The van der Waals surface area contributed by atoms with Crippen LogP contribution < -0.4 is 14.4 Å². The Labute approximate surface area is 179 Å². The highest BCUT2D eigenvalue weighted by molar-refractivity contribution is 6.52. The average molecular weight is 421 g/mol. The number of para-hydroxylation sites is 3. The molecule has 31 heavy (non-hydrogen) atoms. The molecule has 0 spiro atoms. The van der Waals surface area contributed by atoms with Crippen LogP contribution >= 0.6 is 0 Å². The second-order valence-electron chi connectivity index (χ2n) is 7.99. The molecule has 5 rings (SSSR count). The predicted molar refractivity (Wildman–Crippen MR) is 112 cm³/mol. The lowest BCUT2D eigenvalue weighted by atomic mass is 10.0. The first-order valence-electron chi connectivity index (χ1n) is 10.5. The Hall–Kier alpha value is -3.39. The van der Waals surface area contributed by atoms with Gasteiger partial charge in [-0.05, 0) is 43.7 Å². The number of ether oxygens (including phenoxy) is 2. The van der Waals surface area contributed by atoms with Crippen LogP contribution in [0.3, 0.4) is 0 Å². The van der Waals surface area contributed by atoms with Gasteiger partial charge >= 0.3 is 17.8 Å². The molecule has 0 aromatic heterocycles. The Bertz CT molecular complexity index is 1010. The zero-order valence-electron chi connectivity index (χ0n) is 17.0. The predicted octanol–water partition coefficient (Wildman–Crippen LogP) is 2.29. The SMILES string of the molecule is O=C1C(=O)N([C@H]2CCCN(C[C@H]3COc4ccccc4O3)C2)C(=O)N1c1ccccc1. The van der Waals surface area contributed by atoms with Crippen LogP contribution in [0.15, 0.2) is 54.6 Å². The van der Waals surface area contributed by atoms with Crippen molar-refractivity contribution in [1.82, 2.24) is 9.80 Å². The van der Waals surface area contributed by atoms with E-state index in [1.165, 1.54) is 0 Å². The van der Waals surface area contributed by atoms with Crippen molar-refractivity contribution in [1.29, 1.82) is 0 Å². The van der Waals surface area contributed by atoms with Gasteiger partial charge < -0.3 is 9.47 Å². The third-order valence-corrected chi connectivity index (χ3v) is 5.89. The number of imide groups is 2. The fraction of sp³-hybridized carbons (Fsp3) is 0.348. The number of hydrogen-bond donors (Lipinski definition) is 0. The molecule has 3 aliphatic rings. The molecule has 8 heteroatoms. The molecule has 3 aliphatic heterocycles. The molecule has 0 saturated carbocycles. The van der Waals surface area contributed by atoms with E-state index in [2.05, 4.69) is 4.90 Å². The van der Waals surface area contributed by atoms with Gasteiger partial charge in [0.25, 0.3) is 0 Å². The van der Waals surface area contributed by atoms with Crippen LogP contribution in [0.2, 0.25) is 0 Å². The number of benzene rings is 2. The second-order valence-corrected chi connectivity index (χ2v) is 7.99. The summed E-state index contributed by atoms with van der Waals surface area (Å²) in [5.74, 6) is -0.0924. The quantitative estimate of drug-likeness (QED) is 0.557. The van der Waals surface area contributed by atoms with Crippen LogP contribution in [0.25, 0.3) is 0 Å². The minimum absolute atomic E-state index is 0.138. The zero-order chi connectivity index (χ0) is 21.4. The van der Waals surface area contributed by atoms with Crippen molar-refractivity contribution in [2.24, 2.45) is 0 Å². The maximum Gasteiger partial charge on any atom is 0.339 e. The summed E-state index contributed by atoms with van der Waals surface area (Å²) in [6.45, 7) is 2.41. The molecule has 0 aliphatic carbocycles. The molecule has 0 radical (unpaired) electrons. The smallest absolute Gasteiger partial charge is 0.339 e. The van der Waals surface area contributed by atoms with E-state index in [0.717, 1.165) is 34.3 Å². The fourth-order valence-electron chi connectivity index (χ4n) is 4.46. The normalized spacial score (nSPS) is 24.1. The van der Waals surface area contributed by atoms with Gasteiger partial charge in [0.15, 0.2) is 11.5 Å². The number of piperidine rings is 1. The first-order chi connectivity index (χ1) is 15.1. The molecular formula is C23H23N3O5. The third kappa shape index (κ3) is 3.63. The van der Waals surface area contributed by atoms with Crippen LogP contribution in [0.1, 0.15) is 12.8 Å². The number of fused-ring (bicyclic) bond motifs is 1. The Kier molecular flexibility index (Phi) is 5.07. The molecule has 3 heterocycles. The molecule has 0 bridgehead atoms. The van der Waals surface area contributed by atoms with Crippen LogP contribution in [0, 0.1) is 0 Å². The molecule has 160 valence electrons. The summed E-state index contributed by atoms with van der Waals surface area (Å²) in [7, 11) is 0. The third-order valence-electron chi connectivity index (χ3n) is 5.89. The van der Waals surface area contributed by atoms with Gasteiger partial charge in [-0.25, -0.2) is 9.69 Å². The van der Waals surface area contributed by atoms with E-state index in [9.17, 15) is 14.4 Å². The summed E-state index contributed by atoms with van der Waals surface area (Å²) in [6.07, 6.45) is 1.36. The number of hydrogen-bond acceptors (Lipinski definition) is 6. The fourth-order valence-corrected chi connectivity index (χ4v) is 4.46. The molecular weight excluding hydrogens is 398 g/mol. The highest BCUT2D eigenvalue weighted by atomic mass is 16.6. The summed E-state index contributed by atoms with van der Waals surface area (Å²) in [5.41, 5.74) is 0.410. The topological polar surface area (TPSA) is 79.4 Å². The van der Waals surface area contributed by atoms with Crippen molar-refractivity contribution in [3.63, 3.8) is 0 Å². The molecule has 2 aromatic carbocycles. The highest BCUT2D eigenvalue weighted by Crippen LogP contribution is 2.32. The van der Waals surface area contributed by atoms with Crippen molar-refractivity contribution < 1.29 is 23.9 Å². The number of anilines is 1. The van der Waals surface area contributed by atoms with E-state index in [1.807, 2.05) is 24.3 Å². The monoisotopic (exact) mass is 421 g/mol. The lowest BCUT2D eigenvalue weighted by molar-refractivity contribution is -0.140. The molecule has 4 amide bonds. The summed E-state index contributed by atoms with van der Waals surface area (Å²) >= 11 is 0. The molecule has 0 unspecified atom stereocenters. The first-order valence-corrected chi connectivity index (χ1v) is 10.5. The second kappa shape index (κ2) is 8.03. The van der Waals surface area contributed by atoms with Crippen molar-refractivity contribution in [2.45, 2.75) is 25.0 Å². The highest BCUT2D eigenvalue weighted by Gasteiger charge is 2.49. The maximum absolute atomic E-state index is 13.0. The van der Waals surface area contributed by atoms with Gasteiger partial charge in [-0.1, -0.05) is 30.3 Å². The summed E-state index contributed by atoms with van der Waals surface area (Å²) in [4.78, 5) is 42.5. The van der Waals surface area contributed by atoms with Gasteiger partial charge in [-0.2, -0.15) is 0 Å². The zero-order valence-corrected chi connectivity index (χ0v) is 17.0. The molecule has 2 aromatic rings. The Morgan fingerprint density at radius 1 is 0.903 bits per heavy atom. The summed E-state index contributed by atoms with van der Waals surface area (Å²) < 4.78 is 11.8. The van der Waals surface area contributed by atoms with Crippen molar-refractivity contribution >= 4 is 23.5 Å². The van der Waals surface area contributed by atoms with E-state index >= 15 is 0 Å². The van der Waals surface area contributed by atoms with E-state index in [0.29, 0.717) is 31.8 Å². The van der Waals surface area contributed by atoms with Gasteiger partial charge in [0.1, 0.15) is 12.7 Å². The van der Waals surface area contributed by atoms with Gasteiger partial charge in [0, 0.05) is 13.1 Å². The minimum atomic E-state index is -0.797. The van der Waals surface area contributed by atoms with E-state index in [-0.39, 0.29) is 12.1 Å². The van der Waals surface area contributed by atoms with Crippen LogP contribution in [-0.4, -0.2) is 66.0 Å². The average Bonchev–Trinajstić information content (AvgIpc) is 3.02. The van der Waals surface area contributed by atoms with Gasteiger partial charge in [0.2, 0.25) is 0 Å². The van der Waals surface area contributed by atoms with E-state index < -0.39 is 17.8 Å². The lowest BCUT2D eigenvalue weighted by Gasteiger charge is -2.38. The van der Waals surface area contributed by atoms with Gasteiger partial charge in [-0.3, -0.25) is 19.4 Å². The summed E-state index contributed by atoms with van der Waals surface area (Å²) in [5, 5.41) is 0. The molecule has 8 nitrogen and oxygen atoms in total. The Morgan fingerprint density at radius 2 is 1.65 bits per heavy atom. The van der Waals surface area contributed by atoms with Crippen LogP contribution in [0.4, 0.5) is 10.5 Å². The van der Waals surface area contributed by atoms with Crippen LogP contribution in [0.5, 0.6) is 11.5 Å². The number of urea groups is 1. The Morgan fingerprint density at radius 3 is 2.45 bits per heavy atom. The largest absolute Gasteiger partial charge is 0.486 e. The molecule has 2 fully saturated rings. The number of rotatable bonds is 4. The van der Waals surface area contributed by atoms with Gasteiger partial charge in [0.05, 0.1) is 11.7 Å². The maximum atomic E-state index is 13.0. The standard InChI is InChI=1S/C23H23N3O5/c27-21-22(28)26(23(29)25(21)16-7-2-1-3-8-16)17-9-6-12-24(13-17)14-18-15-30-19-10-4-5-11-20(19)31-18/h1-5,7-8,10-11,17-18H,6,9,12-15H2/t17-,18-/m0/s1. The number of nitrogens with zero attached hydrogens (tertiary/aromatic N) is 3. The molecule has 2 saturated heterocycles. The minimum Gasteiger partial charge on any atom is -0.486 e. The van der Waals surface area contributed by atoms with E-state index in [1.54, 1.807) is 30.3 Å². The lowest BCUT2D eigenvalue weighted by Crippen LogP contribution is -2.53. The van der Waals surface area contributed by atoms with E-state index in [4.69, 9.17) is 9.47 Å². The van der Waals surface area contributed by atoms with Crippen molar-refractivity contribution in [3.05, 3.63) is 54.6 Å². The van der Waals surface area contributed by atoms with Crippen molar-refractivity contribution in [3.8, 4) is 11.5 Å². The van der Waals surface area contributed by atoms with Crippen molar-refractivity contribution in [2.75, 3.05) is 31.1 Å². The van der Waals surface area contributed by atoms with Crippen LogP contribution in [-0.2, 0) is 9.59 Å². The first kappa shape index (κ1) is 19.6. The summed E-state index contributed by atoms with van der Waals surface area (Å²) in [6, 6.07) is 15.2. The number of carbonyl (C=O) groups excluding carboxylic acids is 3.